The molecule has 2 N–H and O–H groups in total. The number of oxime groups is 1. The maximum absolute atomic E-state index is 12.0. The predicted octanol–water partition coefficient (Wildman–Crippen LogP) is 3.41. The van der Waals surface area contributed by atoms with Crippen molar-refractivity contribution in [3.63, 3.8) is 0 Å². The number of nitrogens with zero attached hydrogens (tertiary/aromatic N) is 2. The third-order valence-electron chi connectivity index (χ3n) is 3.66. The Kier molecular flexibility index (Phi) is 4.17. The molecule has 0 saturated carbocycles. The van der Waals surface area contributed by atoms with Crippen molar-refractivity contribution in [2.75, 3.05) is 11.9 Å². The lowest BCUT2D eigenvalue weighted by Gasteiger charge is -2.11. The Balaban J connectivity index is 1.61. The molecular weight excluding hydrogens is 308 g/mol. The van der Waals surface area contributed by atoms with E-state index in [1.54, 1.807) is 12.1 Å². The third kappa shape index (κ3) is 3.67. The van der Waals surface area contributed by atoms with Crippen molar-refractivity contribution in [2.45, 2.75) is 45.6 Å². The van der Waals surface area contributed by atoms with Crippen LogP contribution in [0.3, 0.4) is 0 Å². The first-order valence-electron chi connectivity index (χ1n) is 7.96. The van der Waals surface area contributed by atoms with Gasteiger partial charge in [0.25, 0.3) is 0 Å². The highest BCUT2D eigenvalue weighted by Crippen LogP contribution is 2.27. The number of hydrogen-bond donors (Lipinski definition) is 2. The van der Waals surface area contributed by atoms with Gasteiger partial charge in [0.2, 0.25) is 5.89 Å². The highest BCUT2D eigenvalue weighted by Gasteiger charge is 2.21. The molecule has 24 heavy (non-hydrogen) atoms. The van der Waals surface area contributed by atoms with Gasteiger partial charge < -0.3 is 19.9 Å². The van der Waals surface area contributed by atoms with E-state index in [2.05, 4.69) is 20.8 Å². The van der Waals surface area contributed by atoms with Crippen LogP contribution in [0.5, 0.6) is 0 Å². The smallest absolute Gasteiger partial charge is 0.319 e. The lowest BCUT2D eigenvalue weighted by Crippen LogP contribution is -2.35. The van der Waals surface area contributed by atoms with Crippen molar-refractivity contribution in [1.82, 2.24) is 10.3 Å². The van der Waals surface area contributed by atoms with Gasteiger partial charge in [-0.3, -0.25) is 0 Å². The van der Waals surface area contributed by atoms with Gasteiger partial charge in [-0.15, -0.1) is 0 Å². The Labute approximate surface area is 140 Å². The third-order valence-corrected chi connectivity index (χ3v) is 3.66. The van der Waals surface area contributed by atoms with Gasteiger partial charge in [-0.1, -0.05) is 25.9 Å². The van der Waals surface area contributed by atoms with Crippen LogP contribution in [0.2, 0.25) is 0 Å². The number of amides is 2. The van der Waals surface area contributed by atoms with E-state index < -0.39 is 0 Å². The van der Waals surface area contributed by atoms with Gasteiger partial charge in [-0.25, -0.2) is 9.78 Å². The zero-order chi connectivity index (χ0) is 17.3. The minimum Gasteiger partial charge on any atom is -0.440 e. The summed E-state index contributed by atoms with van der Waals surface area (Å²) < 4.78 is 5.75. The standard InChI is InChI=1S/C17H22N4O3/c1-10-7-12(24-21-10)9-18-16(22)19-11-5-6-14-13(8-11)20-15(23-14)17(2,3)4/h5-6,8,12H,7,9H2,1-4H3,(H2,18,19,22)/t12-/m1/s1. The molecule has 7 nitrogen and oxygen atoms in total. The van der Waals surface area contributed by atoms with Gasteiger partial charge in [-0.2, -0.15) is 0 Å². The molecule has 0 saturated heterocycles. The van der Waals surface area contributed by atoms with E-state index in [0.29, 0.717) is 23.7 Å². The number of oxazole rings is 1. The molecule has 0 fully saturated rings. The molecule has 1 aliphatic rings. The Hall–Kier alpha value is -2.57. The zero-order valence-electron chi connectivity index (χ0n) is 14.3. The molecule has 1 aromatic carbocycles. The average molecular weight is 330 g/mol. The average Bonchev–Trinajstić information content (AvgIpc) is 3.10. The first-order chi connectivity index (χ1) is 11.3. The van der Waals surface area contributed by atoms with Crippen LogP contribution in [-0.2, 0) is 10.3 Å². The van der Waals surface area contributed by atoms with E-state index in [1.165, 1.54) is 0 Å². The number of aromatic nitrogens is 1. The molecule has 0 bridgehead atoms. The van der Waals surface area contributed by atoms with Crippen molar-refractivity contribution in [1.29, 1.82) is 0 Å². The molecule has 128 valence electrons. The van der Waals surface area contributed by atoms with E-state index >= 15 is 0 Å². The van der Waals surface area contributed by atoms with Gasteiger partial charge in [0.1, 0.15) is 11.6 Å². The highest BCUT2D eigenvalue weighted by atomic mass is 16.6. The number of rotatable bonds is 3. The van der Waals surface area contributed by atoms with Crippen LogP contribution in [0.1, 0.15) is 40.0 Å². The lowest BCUT2D eigenvalue weighted by atomic mass is 9.97. The minimum absolute atomic E-state index is 0.0943. The number of carbonyl (C=O) groups is 1. The molecule has 1 atom stereocenters. The van der Waals surface area contributed by atoms with Crippen molar-refractivity contribution in [3.05, 3.63) is 24.1 Å². The van der Waals surface area contributed by atoms with Gasteiger partial charge in [0.15, 0.2) is 5.58 Å². The van der Waals surface area contributed by atoms with Crippen LogP contribution in [0, 0.1) is 0 Å². The molecule has 2 aromatic rings. The van der Waals surface area contributed by atoms with Gasteiger partial charge >= 0.3 is 6.03 Å². The predicted molar refractivity (Wildman–Crippen MR) is 92.3 cm³/mol. The van der Waals surface area contributed by atoms with Crippen molar-refractivity contribution in [2.24, 2.45) is 5.16 Å². The zero-order valence-corrected chi connectivity index (χ0v) is 14.3. The Morgan fingerprint density at radius 1 is 1.38 bits per heavy atom. The second-order valence-corrected chi connectivity index (χ2v) is 7.04. The monoisotopic (exact) mass is 330 g/mol. The number of hydrogen-bond acceptors (Lipinski definition) is 5. The summed E-state index contributed by atoms with van der Waals surface area (Å²) in [5.41, 5.74) is 2.87. The molecular formula is C17H22N4O3. The Morgan fingerprint density at radius 2 is 2.17 bits per heavy atom. The highest BCUT2D eigenvalue weighted by molar-refractivity contribution is 5.91. The number of urea groups is 1. The fourth-order valence-electron chi connectivity index (χ4n) is 2.39. The van der Waals surface area contributed by atoms with E-state index in [9.17, 15) is 4.79 Å². The second-order valence-electron chi connectivity index (χ2n) is 7.04. The van der Waals surface area contributed by atoms with Crippen LogP contribution >= 0.6 is 0 Å². The number of benzene rings is 1. The maximum atomic E-state index is 12.0. The molecule has 2 amide bonds. The minimum atomic E-state index is -0.290. The fourth-order valence-corrected chi connectivity index (χ4v) is 2.39. The summed E-state index contributed by atoms with van der Waals surface area (Å²) in [6.07, 6.45) is 0.643. The van der Waals surface area contributed by atoms with E-state index in [0.717, 1.165) is 17.6 Å². The summed E-state index contributed by atoms with van der Waals surface area (Å²) in [5, 5.41) is 9.43. The summed E-state index contributed by atoms with van der Waals surface area (Å²) in [6, 6.07) is 5.11. The molecule has 7 heteroatoms. The lowest BCUT2D eigenvalue weighted by molar-refractivity contribution is 0.0870. The number of anilines is 1. The summed E-state index contributed by atoms with van der Waals surface area (Å²) in [4.78, 5) is 21.7. The van der Waals surface area contributed by atoms with E-state index in [1.807, 2.05) is 33.8 Å². The molecule has 0 spiro atoms. The second kappa shape index (κ2) is 6.14. The SMILES string of the molecule is CC1=NO[C@@H](CNC(=O)Nc2ccc3oc(C(C)(C)C)nc3c2)C1. The summed E-state index contributed by atoms with van der Waals surface area (Å²) >= 11 is 0. The summed E-state index contributed by atoms with van der Waals surface area (Å²) in [7, 11) is 0. The van der Waals surface area contributed by atoms with Crippen molar-refractivity contribution in [3.8, 4) is 0 Å². The largest absolute Gasteiger partial charge is 0.440 e. The van der Waals surface area contributed by atoms with Crippen LogP contribution in [0.15, 0.2) is 27.8 Å². The van der Waals surface area contributed by atoms with Gasteiger partial charge in [0, 0.05) is 17.5 Å². The molecule has 3 rings (SSSR count). The number of nitrogens with one attached hydrogen (secondary N) is 2. The molecule has 0 radical (unpaired) electrons. The van der Waals surface area contributed by atoms with E-state index in [-0.39, 0.29) is 17.6 Å². The maximum Gasteiger partial charge on any atom is 0.319 e. The number of carbonyl (C=O) groups excluding carboxylic acids is 1. The molecule has 1 aromatic heterocycles. The first kappa shape index (κ1) is 16.3. The van der Waals surface area contributed by atoms with Crippen LogP contribution in [0.25, 0.3) is 11.1 Å². The Morgan fingerprint density at radius 3 is 2.83 bits per heavy atom. The Bertz CT molecular complexity index is 789. The molecule has 2 heterocycles. The van der Waals surface area contributed by atoms with Crippen molar-refractivity contribution < 1.29 is 14.0 Å². The summed E-state index contributed by atoms with van der Waals surface area (Å²) in [6.45, 7) is 8.44. The molecule has 1 aliphatic heterocycles. The molecule has 0 unspecified atom stereocenters. The topological polar surface area (TPSA) is 88.8 Å². The number of fused-ring (bicyclic) bond motifs is 1. The van der Waals surface area contributed by atoms with Crippen LogP contribution in [-0.4, -0.2) is 29.4 Å². The van der Waals surface area contributed by atoms with Gasteiger partial charge in [0.05, 0.1) is 12.3 Å². The van der Waals surface area contributed by atoms with E-state index in [4.69, 9.17) is 9.25 Å². The fraction of sp³-hybridized carbons (Fsp3) is 0.471. The summed E-state index contributed by atoms with van der Waals surface area (Å²) in [5.74, 6) is 0.674. The van der Waals surface area contributed by atoms with Gasteiger partial charge in [-0.05, 0) is 25.1 Å². The molecule has 0 aliphatic carbocycles. The van der Waals surface area contributed by atoms with Crippen LogP contribution in [0.4, 0.5) is 10.5 Å². The first-order valence-corrected chi connectivity index (χ1v) is 7.96. The normalized spacial score (nSPS) is 17.5. The van der Waals surface area contributed by atoms with Crippen molar-refractivity contribution >= 4 is 28.5 Å². The van der Waals surface area contributed by atoms with Crippen LogP contribution < -0.4 is 10.6 Å². The quantitative estimate of drug-likeness (QED) is 0.902.